The fourth-order valence-electron chi connectivity index (χ4n) is 1.22. The first-order valence-corrected chi connectivity index (χ1v) is 7.28. The first-order valence-electron chi connectivity index (χ1n) is 5.37. The van der Waals surface area contributed by atoms with Gasteiger partial charge in [-0.25, -0.2) is 0 Å². The molecule has 0 saturated heterocycles. The number of hydrogen-bond donors (Lipinski definition) is 0. The van der Waals surface area contributed by atoms with Crippen LogP contribution in [0.15, 0.2) is 22.7 Å². The fourth-order valence-corrected chi connectivity index (χ4v) is 2.11. The Morgan fingerprint density at radius 3 is 2.65 bits per heavy atom. The maximum absolute atomic E-state index is 8.89. The van der Waals surface area contributed by atoms with E-state index in [1.807, 2.05) is 32.0 Å². The number of hydrogen-bond acceptors (Lipinski definition) is 2. The lowest BCUT2D eigenvalue weighted by Gasteiger charge is -2.16. The van der Waals surface area contributed by atoms with Crippen LogP contribution in [0.25, 0.3) is 0 Å². The number of ether oxygens (including phenoxy) is 1. The quantitative estimate of drug-likeness (QED) is 0.715. The second kappa shape index (κ2) is 6.42. The van der Waals surface area contributed by atoms with E-state index in [-0.39, 0.29) is 5.41 Å². The van der Waals surface area contributed by atoms with Gasteiger partial charge in [-0.3, -0.25) is 0 Å². The SMILES string of the molecule is CC(C)(C#N)CCOc1ccc(CBr)cc1Br. The van der Waals surface area contributed by atoms with Crippen molar-refractivity contribution in [2.24, 2.45) is 5.41 Å². The van der Waals surface area contributed by atoms with Crippen molar-refractivity contribution in [1.82, 2.24) is 0 Å². The van der Waals surface area contributed by atoms with Gasteiger partial charge in [0.15, 0.2) is 0 Å². The van der Waals surface area contributed by atoms with Crippen molar-refractivity contribution < 1.29 is 4.74 Å². The van der Waals surface area contributed by atoms with Crippen molar-refractivity contribution in [3.05, 3.63) is 28.2 Å². The van der Waals surface area contributed by atoms with Gasteiger partial charge >= 0.3 is 0 Å². The van der Waals surface area contributed by atoms with Gasteiger partial charge in [0.25, 0.3) is 0 Å². The lowest BCUT2D eigenvalue weighted by atomic mass is 9.92. The van der Waals surface area contributed by atoms with Gasteiger partial charge in [-0.2, -0.15) is 5.26 Å². The Morgan fingerprint density at radius 1 is 1.41 bits per heavy atom. The van der Waals surface area contributed by atoms with Gasteiger partial charge in [0, 0.05) is 5.33 Å². The number of alkyl halides is 1. The first kappa shape index (κ1) is 14.5. The average molecular weight is 361 g/mol. The van der Waals surface area contributed by atoms with Crippen LogP contribution in [0, 0.1) is 16.7 Å². The summed E-state index contributed by atoms with van der Waals surface area (Å²) in [5.74, 6) is 0.823. The van der Waals surface area contributed by atoms with Crippen molar-refractivity contribution in [1.29, 1.82) is 5.26 Å². The highest BCUT2D eigenvalue weighted by Gasteiger charge is 2.16. The third kappa shape index (κ3) is 4.69. The van der Waals surface area contributed by atoms with Crippen LogP contribution in [-0.4, -0.2) is 6.61 Å². The minimum absolute atomic E-state index is 0.331. The minimum atomic E-state index is -0.331. The van der Waals surface area contributed by atoms with E-state index >= 15 is 0 Å². The number of benzene rings is 1. The van der Waals surface area contributed by atoms with Crippen LogP contribution in [0.2, 0.25) is 0 Å². The van der Waals surface area contributed by atoms with Crippen LogP contribution in [0.5, 0.6) is 5.75 Å². The Morgan fingerprint density at radius 2 is 2.12 bits per heavy atom. The molecule has 0 N–H and O–H groups in total. The lowest BCUT2D eigenvalue weighted by molar-refractivity contribution is 0.263. The first-order chi connectivity index (χ1) is 7.98. The zero-order valence-electron chi connectivity index (χ0n) is 9.96. The fraction of sp³-hybridized carbons (Fsp3) is 0.462. The second-order valence-electron chi connectivity index (χ2n) is 4.49. The third-order valence-electron chi connectivity index (χ3n) is 2.44. The zero-order valence-corrected chi connectivity index (χ0v) is 13.1. The smallest absolute Gasteiger partial charge is 0.133 e. The molecule has 0 unspecified atom stereocenters. The lowest BCUT2D eigenvalue weighted by Crippen LogP contribution is -2.13. The van der Waals surface area contributed by atoms with Gasteiger partial charge in [-0.1, -0.05) is 22.0 Å². The van der Waals surface area contributed by atoms with E-state index in [1.165, 1.54) is 5.56 Å². The van der Waals surface area contributed by atoms with E-state index in [4.69, 9.17) is 10.00 Å². The predicted octanol–water partition coefficient (Wildman–Crippen LogP) is 4.66. The minimum Gasteiger partial charge on any atom is -0.492 e. The van der Waals surface area contributed by atoms with Crippen molar-refractivity contribution in [2.45, 2.75) is 25.6 Å². The van der Waals surface area contributed by atoms with Crippen LogP contribution in [0.3, 0.4) is 0 Å². The summed E-state index contributed by atoms with van der Waals surface area (Å²) >= 11 is 6.88. The molecule has 1 aromatic rings. The molecule has 0 spiro atoms. The molecule has 0 bridgehead atoms. The number of halogens is 2. The number of nitriles is 1. The molecule has 92 valence electrons. The maximum Gasteiger partial charge on any atom is 0.133 e. The molecule has 1 rings (SSSR count). The molecule has 0 heterocycles. The molecule has 0 radical (unpaired) electrons. The van der Waals surface area contributed by atoms with Gasteiger partial charge in [0.1, 0.15) is 5.75 Å². The Balaban J connectivity index is 2.56. The normalized spacial score (nSPS) is 11.0. The molecule has 4 heteroatoms. The van der Waals surface area contributed by atoms with Crippen molar-refractivity contribution in [3.8, 4) is 11.8 Å². The predicted molar refractivity (Wildman–Crippen MR) is 76.3 cm³/mol. The molecule has 2 nitrogen and oxygen atoms in total. The van der Waals surface area contributed by atoms with Crippen molar-refractivity contribution in [3.63, 3.8) is 0 Å². The van der Waals surface area contributed by atoms with E-state index in [2.05, 4.69) is 37.9 Å². The highest BCUT2D eigenvalue weighted by Crippen LogP contribution is 2.28. The average Bonchev–Trinajstić information content (AvgIpc) is 2.31. The molecule has 17 heavy (non-hydrogen) atoms. The molecule has 0 amide bonds. The van der Waals surface area contributed by atoms with E-state index in [0.29, 0.717) is 6.61 Å². The summed E-state index contributed by atoms with van der Waals surface area (Å²) in [5, 5.41) is 9.72. The van der Waals surface area contributed by atoms with Crippen LogP contribution in [0.1, 0.15) is 25.8 Å². The maximum atomic E-state index is 8.89. The third-order valence-corrected chi connectivity index (χ3v) is 3.71. The summed E-state index contributed by atoms with van der Waals surface area (Å²) < 4.78 is 6.61. The molecule has 0 aliphatic carbocycles. The van der Waals surface area contributed by atoms with Gasteiger partial charge in [0.05, 0.1) is 22.6 Å². The van der Waals surface area contributed by atoms with Crippen LogP contribution in [-0.2, 0) is 5.33 Å². The van der Waals surface area contributed by atoms with E-state index in [1.54, 1.807) is 0 Å². The van der Waals surface area contributed by atoms with E-state index < -0.39 is 0 Å². The second-order valence-corrected chi connectivity index (χ2v) is 5.91. The van der Waals surface area contributed by atoms with Crippen molar-refractivity contribution in [2.75, 3.05) is 6.61 Å². The van der Waals surface area contributed by atoms with Crippen molar-refractivity contribution >= 4 is 31.9 Å². The Bertz CT molecular complexity index is 424. The molecule has 0 fully saturated rings. The largest absolute Gasteiger partial charge is 0.492 e. The summed E-state index contributed by atoms with van der Waals surface area (Å²) in [5.41, 5.74) is 0.865. The molecule has 0 aliphatic rings. The van der Waals surface area contributed by atoms with E-state index in [9.17, 15) is 0 Å². The standard InChI is InChI=1S/C13H15Br2NO/c1-13(2,9-16)5-6-17-12-4-3-10(8-14)7-11(12)15/h3-4,7H,5-6,8H2,1-2H3. The zero-order chi connectivity index (χ0) is 12.9. The monoisotopic (exact) mass is 359 g/mol. The molecule has 0 aliphatic heterocycles. The molecule has 1 aromatic carbocycles. The van der Waals surface area contributed by atoms with Crippen LogP contribution in [0.4, 0.5) is 0 Å². The van der Waals surface area contributed by atoms with Gasteiger partial charge in [0.2, 0.25) is 0 Å². The van der Waals surface area contributed by atoms with Gasteiger partial charge < -0.3 is 4.74 Å². The Labute approximate surface area is 119 Å². The van der Waals surface area contributed by atoms with Crippen LogP contribution < -0.4 is 4.74 Å². The van der Waals surface area contributed by atoms with E-state index in [0.717, 1.165) is 22.0 Å². The molecule has 0 atom stereocenters. The molecular weight excluding hydrogens is 346 g/mol. The Hall–Kier alpha value is -0.530. The van der Waals surface area contributed by atoms with Gasteiger partial charge in [-0.15, -0.1) is 0 Å². The molecule has 0 saturated carbocycles. The number of rotatable bonds is 5. The summed E-state index contributed by atoms with van der Waals surface area (Å²) in [7, 11) is 0. The summed E-state index contributed by atoms with van der Waals surface area (Å²) in [4.78, 5) is 0. The highest BCUT2D eigenvalue weighted by atomic mass is 79.9. The molecular formula is C13H15Br2NO. The number of nitrogens with zero attached hydrogens (tertiary/aromatic N) is 1. The Kier molecular flexibility index (Phi) is 5.48. The summed E-state index contributed by atoms with van der Waals surface area (Å²) in [6.45, 7) is 4.38. The molecule has 0 aromatic heterocycles. The topological polar surface area (TPSA) is 33.0 Å². The summed E-state index contributed by atoms with van der Waals surface area (Å²) in [6.07, 6.45) is 0.718. The summed E-state index contributed by atoms with van der Waals surface area (Å²) in [6, 6.07) is 8.25. The van der Waals surface area contributed by atoms with Gasteiger partial charge in [-0.05, 0) is 53.9 Å². The highest BCUT2D eigenvalue weighted by molar-refractivity contribution is 9.10. The van der Waals surface area contributed by atoms with Crippen LogP contribution >= 0.6 is 31.9 Å².